The molecule has 0 bridgehead atoms. The summed E-state index contributed by atoms with van der Waals surface area (Å²) in [6, 6.07) is 15.7. The van der Waals surface area contributed by atoms with Gasteiger partial charge in [0.05, 0.1) is 0 Å². The maximum atomic E-state index is 12.1. The lowest BCUT2D eigenvalue weighted by Gasteiger charge is -2.13. The van der Waals surface area contributed by atoms with Gasteiger partial charge in [0.25, 0.3) is 0 Å². The van der Waals surface area contributed by atoms with Crippen LogP contribution in [0.15, 0.2) is 48.5 Å². The summed E-state index contributed by atoms with van der Waals surface area (Å²) in [4.78, 5) is 12.1. The van der Waals surface area contributed by atoms with Gasteiger partial charge in [-0.3, -0.25) is 4.79 Å². The average Bonchev–Trinajstić information content (AvgIpc) is 2.47. The van der Waals surface area contributed by atoms with Crippen molar-refractivity contribution in [2.75, 3.05) is 5.32 Å². The number of hydrogen-bond donors (Lipinski definition) is 2. The third-order valence-electron chi connectivity index (χ3n) is 3.61. The Balaban J connectivity index is 1.98. The molecule has 0 spiro atoms. The summed E-state index contributed by atoms with van der Waals surface area (Å²) >= 11 is 0. The minimum Gasteiger partial charge on any atom is -0.326 e. The van der Waals surface area contributed by atoms with E-state index in [9.17, 15) is 4.79 Å². The quantitative estimate of drug-likeness (QED) is 0.880. The van der Waals surface area contributed by atoms with Crippen LogP contribution in [0.25, 0.3) is 0 Å². The van der Waals surface area contributed by atoms with E-state index in [2.05, 4.69) is 24.4 Å². The molecule has 0 radical (unpaired) electrons. The van der Waals surface area contributed by atoms with Gasteiger partial charge in [-0.1, -0.05) is 42.5 Å². The van der Waals surface area contributed by atoms with Gasteiger partial charge in [0.15, 0.2) is 0 Å². The molecule has 0 saturated heterocycles. The van der Waals surface area contributed by atoms with E-state index in [-0.39, 0.29) is 11.9 Å². The van der Waals surface area contributed by atoms with Gasteiger partial charge in [0.2, 0.25) is 5.91 Å². The number of rotatable bonds is 5. The van der Waals surface area contributed by atoms with Gasteiger partial charge in [-0.05, 0) is 43.0 Å². The Morgan fingerprint density at radius 3 is 2.52 bits per heavy atom. The molecule has 0 saturated carbocycles. The van der Waals surface area contributed by atoms with Crippen LogP contribution in [0.2, 0.25) is 0 Å². The summed E-state index contributed by atoms with van der Waals surface area (Å²) in [5.74, 6) is 0.0198. The number of anilines is 1. The Morgan fingerprint density at radius 2 is 1.81 bits per heavy atom. The Bertz CT molecular complexity index is 620. The van der Waals surface area contributed by atoms with E-state index in [1.54, 1.807) is 0 Å². The Morgan fingerprint density at radius 1 is 1.14 bits per heavy atom. The number of hydrogen-bond acceptors (Lipinski definition) is 2. The fourth-order valence-electron chi connectivity index (χ4n) is 2.36. The fraction of sp³-hybridized carbons (Fsp3) is 0.278. The molecule has 0 fully saturated rings. The average molecular weight is 282 g/mol. The third-order valence-corrected chi connectivity index (χ3v) is 3.61. The van der Waals surface area contributed by atoms with Crippen molar-refractivity contribution in [2.45, 2.75) is 32.7 Å². The van der Waals surface area contributed by atoms with Gasteiger partial charge in [0, 0.05) is 18.2 Å². The molecule has 0 aliphatic heterocycles. The van der Waals surface area contributed by atoms with Crippen molar-refractivity contribution in [1.29, 1.82) is 0 Å². The van der Waals surface area contributed by atoms with Gasteiger partial charge < -0.3 is 11.1 Å². The van der Waals surface area contributed by atoms with Crippen molar-refractivity contribution >= 4 is 11.6 Å². The van der Waals surface area contributed by atoms with E-state index in [0.717, 1.165) is 17.7 Å². The number of nitrogens with two attached hydrogens (primary N) is 1. The zero-order valence-corrected chi connectivity index (χ0v) is 12.6. The van der Waals surface area contributed by atoms with Crippen molar-refractivity contribution in [1.82, 2.24) is 0 Å². The van der Waals surface area contributed by atoms with Gasteiger partial charge >= 0.3 is 0 Å². The van der Waals surface area contributed by atoms with Crippen molar-refractivity contribution in [3.63, 3.8) is 0 Å². The monoisotopic (exact) mass is 282 g/mol. The molecule has 1 unspecified atom stereocenters. The molecule has 1 amide bonds. The second-order valence-corrected chi connectivity index (χ2v) is 5.35. The molecule has 1 atom stereocenters. The van der Waals surface area contributed by atoms with Crippen molar-refractivity contribution in [2.24, 2.45) is 5.73 Å². The molecule has 2 rings (SSSR count). The number of para-hydroxylation sites is 1. The van der Waals surface area contributed by atoms with Crippen LogP contribution in [-0.2, 0) is 11.2 Å². The number of benzene rings is 2. The van der Waals surface area contributed by atoms with Gasteiger partial charge in [-0.25, -0.2) is 0 Å². The lowest BCUT2D eigenvalue weighted by molar-refractivity contribution is -0.116. The van der Waals surface area contributed by atoms with E-state index in [4.69, 9.17) is 5.73 Å². The Labute approximate surface area is 126 Å². The zero-order valence-electron chi connectivity index (χ0n) is 12.6. The number of aryl methyl sites for hydroxylation is 2. The standard InChI is InChI=1S/C18H22N2O/c1-13-7-3-4-8-15(13)11-12-18(21)20-17-10-6-5-9-16(17)14(2)19/h3-10,14H,11-12,19H2,1-2H3,(H,20,21). The SMILES string of the molecule is Cc1ccccc1CCC(=O)Nc1ccccc1C(C)N. The summed E-state index contributed by atoms with van der Waals surface area (Å²) in [5.41, 5.74) is 10.1. The van der Waals surface area contributed by atoms with Gasteiger partial charge in [0.1, 0.15) is 0 Å². The van der Waals surface area contributed by atoms with Gasteiger partial charge in [-0.15, -0.1) is 0 Å². The smallest absolute Gasteiger partial charge is 0.224 e. The molecular weight excluding hydrogens is 260 g/mol. The molecule has 0 heterocycles. The lowest BCUT2D eigenvalue weighted by atomic mass is 10.0. The molecule has 21 heavy (non-hydrogen) atoms. The maximum absolute atomic E-state index is 12.1. The summed E-state index contributed by atoms with van der Waals surface area (Å²) < 4.78 is 0. The highest BCUT2D eigenvalue weighted by molar-refractivity contribution is 5.91. The van der Waals surface area contributed by atoms with Crippen LogP contribution in [0.1, 0.15) is 36.1 Å². The second-order valence-electron chi connectivity index (χ2n) is 5.35. The first-order chi connectivity index (χ1) is 10.1. The fourth-order valence-corrected chi connectivity index (χ4v) is 2.36. The third kappa shape index (κ3) is 4.17. The number of carbonyl (C=O) groups excluding carboxylic acids is 1. The minimum atomic E-state index is -0.0992. The number of nitrogens with one attached hydrogen (secondary N) is 1. The zero-order chi connectivity index (χ0) is 15.2. The summed E-state index contributed by atoms with van der Waals surface area (Å²) in [6.45, 7) is 3.98. The molecule has 3 heteroatoms. The number of amides is 1. The van der Waals surface area contributed by atoms with E-state index in [0.29, 0.717) is 6.42 Å². The maximum Gasteiger partial charge on any atom is 0.224 e. The topological polar surface area (TPSA) is 55.1 Å². The summed E-state index contributed by atoms with van der Waals surface area (Å²) in [5, 5.41) is 2.96. The molecule has 2 aromatic carbocycles. The molecule has 0 aliphatic carbocycles. The van der Waals surface area contributed by atoms with Crippen LogP contribution in [0.3, 0.4) is 0 Å². The Kier molecular flexibility index (Phi) is 5.12. The first kappa shape index (κ1) is 15.3. The lowest BCUT2D eigenvalue weighted by Crippen LogP contribution is -2.16. The van der Waals surface area contributed by atoms with Crippen LogP contribution in [0.5, 0.6) is 0 Å². The molecule has 3 N–H and O–H groups in total. The molecular formula is C18H22N2O. The predicted molar refractivity (Wildman–Crippen MR) is 87.2 cm³/mol. The first-order valence-corrected chi connectivity index (χ1v) is 7.27. The van der Waals surface area contributed by atoms with Gasteiger partial charge in [-0.2, -0.15) is 0 Å². The normalized spacial score (nSPS) is 12.0. The van der Waals surface area contributed by atoms with Crippen LogP contribution in [0, 0.1) is 6.92 Å². The highest BCUT2D eigenvalue weighted by Crippen LogP contribution is 2.21. The summed E-state index contributed by atoms with van der Waals surface area (Å²) in [6.07, 6.45) is 1.22. The molecule has 0 aliphatic rings. The van der Waals surface area contributed by atoms with Crippen LogP contribution in [-0.4, -0.2) is 5.91 Å². The molecule has 3 nitrogen and oxygen atoms in total. The molecule has 0 aromatic heterocycles. The summed E-state index contributed by atoms with van der Waals surface area (Å²) in [7, 11) is 0. The first-order valence-electron chi connectivity index (χ1n) is 7.27. The largest absolute Gasteiger partial charge is 0.326 e. The molecule has 110 valence electrons. The van der Waals surface area contributed by atoms with E-state index in [1.165, 1.54) is 11.1 Å². The van der Waals surface area contributed by atoms with Crippen molar-refractivity contribution in [3.05, 3.63) is 65.2 Å². The predicted octanol–water partition coefficient (Wildman–Crippen LogP) is 3.59. The van der Waals surface area contributed by atoms with E-state index < -0.39 is 0 Å². The van der Waals surface area contributed by atoms with Crippen LogP contribution in [0.4, 0.5) is 5.69 Å². The second kappa shape index (κ2) is 7.04. The highest BCUT2D eigenvalue weighted by Gasteiger charge is 2.09. The number of carbonyl (C=O) groups is 1. The van der Waals surface area contributed by atoms with E-state index >= 15 is 0 Å². The minimum absolute atomic E-state index is 0.0198. The van der Waals surface area contributed by atoms with Crippen molar-refractivity contribution in [3.8, 4) is 0 Å². The molecule has 2 aromatic rings. The van der Waals surface area contributed by atoms with E-state index in [1.807, 2.05) is 43.3 Å². The van der Waals surface area contributed by atoms with Crippen LogP contribution < -0.4 is 11.1 Å². The Hall–Kier alpha value is -2.13. The van der Waals surface area contributed by atoms with Crippen molar-refractivity contribution < 1.29 is 4.79 Å². The highest BCUT2D eigenvalue weighted by atomic mass is 16.1. The van der Waals surface area contributed by atoms with Crippen LogP contribution >= 0.6 is 0 Å².